The van der Waals surface area contributed by atoms with Crippen LogP contribution in [0.25, 0.3) is 0 Å². The third-order valence-corrected chi connectivity index (χ3v) is 5.57. The quantitative estimate of drug-likeness (QED) is 0.796. The first-order valence-corrected chi connectivity index (χ1v) is 10.2. The minimum atomic E-state index is -0.599. The van der Waals surface area contributed by atoms with Gasteiger partial charge < -0.3 is 5.32 Å². The zero-order valence-electron chi connectivity index (χ0n) is 15.9. The van der Waals surface area contributed by atoms with Crippen molar-refractivity contribution >= 4 is 34.4 Å². The Morgan fingerprint density at radius 3 is 2.66 bits per heavy atom. The summed E-state index contributed by atoms with van der Waals surface area (Å²) in [5, 5.41) is 7.74. The number of hydrogen-bond donors (Lipinski definition) is 2. The van der Waals surface area contributed by atoms with E-state index in [2.05, 4.69) is 15.8 Å². The summed E-state index contributed by atoms with van der Waals surface area (Å²) in [5.41, 5.74) is 5.90. The number of hydrazone groups is 1. The number of carbonyl (C=O) groups excluding carboxylic acids is 2. The predicted octanol–water partition coefficient (Wildman–Crippen LogP) is 2.36. The summed E-state index contributed by atoms with van der Waals surface area (Å²) < 4.78 is 0. The van der Waals surface area contributed by atoms with E-state index in [1.807, 2.05) is 61.5 Å². The number of rotatable bonds is 5. The van der Waals surface area contributed by atoms with Gasteiger partial charge in [-0.25, -0.2) is 0 Å². The number of carbonyl (C=O) groups is 2. The third kappa shape index (κ3) is 4.27. The van der Waals surface area contributed by atoms with Crippen LogP contribution in [0.3, 0.4) is 0 Å². The molecule has 0 fully saturated rings. The van der Waals surface area contributed by atoms with Crippen molar-refractivity contribution in [3.8, 4) is 0 Å². The zero-order chi connectivity index (χ0) is 20.2. The molecule has 2 aliphatic rings. The molecule has 2 aliphatic heterocycles. The summed E-state index contributed by atoms with van der Waals surface area (Å²) in [6.07, 6.45) is 2.92. The van der Waals surface area contributed by atoms with E-state index in [0.717, 1.165) is 11.3 Å². The van der Waals surface area contributed by atoms with E-state index in [1.165, 1.54) is 17.3 Å². The van der Waals surface area contributed by atoms with Gasteiger partial charge in [0.25, 0.3) is 5.91 Å². The van der Waals surface area contributed by atoms with Gasteiger partial charge in [0.2, 0.25) is 12.1 Å². The standard InChI is InChI=1S/C21H21N5O2S/c1-15-7-9-16(10-8-15)13-22-18(27)14-29-21-24-23-19-20(28)25(11-12-26(19)21)17-5-3-2-4-6-17/h2-12,19,23H,13-14H2,1H3,(H,22,27). The van der Waals surface area contributed by atoms with E-state index in [1.54, 1.807) is 22.2 Å². The van der Waals surface area contributed by atoms with Crippen molar-refractivity contribution in [1.82, 2.24) is 15.6 Å². The van der Waals surface area contributed by atoms with E-state index in [-0.39, 0.29) is 17.6 Å². The first-order valence-electron chi connectivity index (χ1n) is 9.25. The second kappa shape index (κ2) is 8.40. The van der Waals surface area contributed by atoms with Crippen LogP contribution in [0.2, 0.25) is 0 Å². The second-order valence-corrected chi connectivity index (χ2v) is 7.67. The summed E-state index contributed by atoms with van der Waals surface area (Å²) in [4.78, 5) is 28.3. The molecule has 29 heavy (non-hydrogen) atoms. The molecule has 1 atom stereocenters. The lowest BCUT2D eigenvalue weighted by Crippen LogP contribution is -2.52. The summed E-state index contributed by atoms with van der Waals surface area (Å²) in [5.74, 6) is 0.0156. The smallest absolute Gasteiger partial charge is 0.276 e. The molecule has 1 unspecified atom stereocenters. The van der Waals surface area contributed by atoms with Crippen LogP contribution in [0.15, 0.2) is 72.1 Å². The SMILES string of the molecule is Cc1ccc(CNC(=O)CSC2=NNC3C(=O)N(c4ccccc4)C=CN23)cc1. The molecule has 2 amide bonds. The number of hydrogen-bond acceptors (Lipinski definition) is 6. The maximum Gasteiger partial charge on any atom is 0.276 e. The van der Waals surface area contributed by atoms with Gasteiger partial charge >= 0.3 is 0 Å². The number of nitrogens with one attached hydrogen (secondary N) is 2. The summed E-state index contributed by atoms with van der Waals surface area (Å²) >= 11 is 1.29. The Bertz CT molecular complexity index is 959. The van der Waals surface area contributed by atoms with Gasteiger partial charge in [0.1, 0.15) is 0 Å². The molecule has 0 aliphatic carbocycles. The fourth-order valence-electron chi connectivity index (χ4n) is 3.01. The van der Waals surface area contributed by atoms with E-state index in [4.69, 9.17) is 0 Å². The van der Waals surface area contributed by atoms with E-state index < -0.39 is 6.17 Å². The van der Waals surface area contributed by atoms with Crippen LogP contribution >= 0.6 is 11.8 Å². The Labute approximate surface area is 173 Å². The van der Waals surface area contributed by atoms with Crippen molar-refractivity contribution in [3.05, 3.63) is 78.1 Å². The maximum atomic E-state index is 12.8. The summed E-state index contributed by atoms with van der Waals surface area (Å²) in [6, 6.07) is 17.5. The van der Waals surface area contributed by atoms with Gasteiger partial charge in [-0.2, -0.15) is 5.10 Å². The van der Waals surface area contributed by atoms with Gasteiger partial charge in [-0.3, -0.25) is 24.8 Å². The molecule has 2 aromatic rings. The second-order valence-electron chi connectivity index (χ2n) is 6.73. The van der Waals surface area contributed by atoms with Gasteiger partial charge in [-0.1, -0.05) is 59.8 Å². The van der Waals surface area contributed by atoms with Crippen LogP contribution in [-0.4, -0.2) is 33.8 Å². The number of amidine groups is 1. The average Bonchev–Trinajstić information content (AvgIpc) is 3.17. The highest BCUT2D eigenvalue weighted by Gasteiger charge is 2.38. The molecular formula is C21H21N5O2S. The van der Waals surface area contributed by atoms with E-state index in [0.29, 0.717) is 11.7 Å². The molecule has 0 saturated carbocycles. The monoisotopic (exact) mass is 407 g/mol. The van der Waals surface area contributed by atoms with Crippen molar-refractivity contribution in [3.63, 3.8) is 0 Å². The molecular weight excluding hydrogens is 386 g/mol. The zero-order valence-corrected chi connectivity index (χ0v) is 16.7. The largest absolute Gasteiger partial charge is 0.351 e. The highest BCUT2D eigenvalue weighted by molar-refractivity contribution is 8.14. The highest BCUT2D eigenvalue weighted by atomic mass is 32.2. The van der Waals surface area contributed by atoms with Crippen LogP contribution in [0.1, 0.15) is 11.1 Å². The molecule has 4 rings (SSSR count). The number of aryl methyl sites for hydroxylation is 1. The predicted molar refractivity (Wildman–Crippen MR) is 115 cm³/mol. The number of benzene rings is 2. The maximum absolute atomic E-state index is 12.8. The Morgan fingerprint density at radius 1 is 1.14 bits per heavy atom. The Kier molecular flexibility index (Phi) is 5.53. The van der Waals surface area contributed by atoms with Gasteiger partial charge in [0.05, 0.1) is 5.75 Å². The average molecular weight is 407 g/mol. The van der Waals surface area contributed by atoms with Gasteiger partial charge in [0.15, 0.2) is 5.17 Å². The van der Waals surface area contributed by atoms with Crippen molar-refractivity contribution in [2.24, 2.45) is 5.10 Å². The molecule has 0 radical (unpaired) electrons. The number of amides is 2. The Hall–Kier alpha value is -3.26. The number of nitrogens with zero attached hydrogens (tertiary/aromatic N) is 3. The lowest BCUT2D eigenvalue weighted by atomic mass is 10.1. The molecule has 148 valence electrons. The molecule has 2 aromatic carbocycles. The van der Waals surface area contributed by atoms with Crippen LogP contribution in [-0.2, 0) is 16.1 Å². The van der Waals surface area contributed by atoms with E-state index in [9.17, 15) is 9.59 Å². The van der Waals surface area contributed by atoms with E-state index >= 15 is 0 Å². The lowest BCUT2D eigenvalue weighted by Gasteiger charge is -2.31. The third-order valence-electron chi connectivity index (χ3n) is 4.61. The first kappa shape index (κ1) is 19.1. The fraction of sp³-hybridized carbons (Fsp3) is 0.190. The Morgan fingerprint density at radius 2 is 1.90 bits per heavy atom. The summed E-state index contributed by atoms with van der Waals surface area (Å²) in [7, 11) is 0. The fourth-order valence-corrected chi connectivity index (χ4v) is 3.81. The molecule has 7 nitrogen and oxygen atoms in total. The van der Waals surface area contributed by atoms with Crippen molar-refractivity contribution < 1.29 is 9.59 Å². The molecule has 8 heteroatoms. The summed E-state index contributed by atoms with van der Waals surface area (Å²) in [6.45, 7) is 2.52. The number of para-hydroxylation sites is 1. The molecule has 0 aromatic heterocycles. The van der Waals surface area contributed by atoms with Crippen molar-refractivity contribution in [2.75, 3.05) is 10.7 Å². The molecule has 2 N–H and O–H groups in total. The van der Waals surface area contributed by atoms with Crippen LogP contribution in [0.4, 0.5) is 5.69 Å². The van der Waals surface area contributed by atoms with Crippen LogP contribution in [0, 0.1) is 6.92 Å². The molecule has 0 saturated heterocycles. The minimum absolute atomic E-state index is 0.0834. The first-order chi connectivity index (χ1) is 14.1. The number of fused-ring (bicyclic) bond motifs is 1. The topological polar surface area (TPSA) is 77.0 Å². The normalized spacial score (nSPS) is 17.6. The van der Waals surface area contributed by atoms with Gasteiger partial charge in [-0.15, -0.1) is 0 Å². The molecule has 0 bridgehead atoms. The number of thioether (sulfide) groups is 1. The minimum Gasteiger partial charge on any atom is -0.351 e. The van der Waals surface area contributed by atoms with Crippen molar-refractivity contribution in [1.29, 1.82) is 0 Å². The molecule has 0 spiro atoms. The van der Waals surface area contributed by atoms with Gasteiger partial charge in [-0.05, 0) is 24.6 Å². The number of anilines is 1. The van der Waals surface area contributed by atoms with Gasteiger partial charge in [0, 0.05) is 24.6 Å². The Balaban J connectivity index is 1.31. The highest BCUT2D eigenvalue weighted by Crippen LogP contribution is 2.25. The molecule has 2 heterocycles. The van der Waals surface area contributed by atoms with Crippen LogP contribution < -0.4 is 15.6 Å². The van der Waals surface area contributed by atoms with Crippen molar-refractivity contribution in [2.45, 2.75) is 19.6 Å². The lowest BCUT2D eigenvalue weighted by molar-refractivity contribution is -0.122. The van der Waals surface area contributed by atoms with Crippen LogP contribution in [0.5, 0.6) is 0 Å².